The third-order valence-corrected chi connectivity index (χ3v) is 3.12. The maximum atomic E-state index is 3.94. The van der Waals surface area contributed by atoms with Crippen LogP contribution in [0.15, 0.2) is 31.0 Å². The Labute approximate surface area is 140 Å². The molecule has 0 aliphatic carbocycles. The van der Waals surface area contributed by atoms with Crippen molar-refractivity contribution < 1.29 is 0 Å². The van der Waals surface area contributed by atoms with E-state index < -0.39 is 0 Å². The highest BCUT2D eigenvalue weighted by atomic mass is 15.5. The maximum absolute atomic E-state index is 3.94. The second kappa shape index (κ2) is 15.1. The summed E-state index contributed by atoms with van der Waals surface area (Å²) in [5, 5.41) is 27.9. The quantitative estimate of drug-likeness (QED) is 0.590. The molecule has 9 nitrogen and oxygen atoms in total. The zero-order chi connectivity index (χ0) is 17.3. The molecule has 0 atom stereocenters. The van der Waals surface area contributed by atoms with E-state index in [1.165, 1.54) is 32.1 Å². The molecule has 2 heterocycles. The molecule has 0 saturated carbocycles. The average Bonchev–Trinajstić information content (AvgIpc) is 3.03. The molecule has 0 amide bonds. The number of hydrogen-bond acceptors (Lipinski definition) is 6. The Bertz CT molecular complexity index is 329. The van der Waals surface area contributed by atoms with Crippen LogP contribution >= 0.6 is 0 Å². The first-order valence-electron chi connectivity index (χ1n) is 8.20. The molecule has 2 aliphatic rings. The Morgan fingerprint density at radius 2 is 1.00 bits per heavy atom. The van der Waals surface area contributed by atoms with Crippen molar-refractivity contribution >= 4 is 0 Å². The molecule has 0 spiro atoms. The van der Waals surface area contributed by atoms with Gasteiger partial charge in [0.1, 0.15) is 0 Å². The van der Waals surface area contributed by atoms with Crippen molar-refractivity contribution in [2.75, 3.05) is 61.4 Å². The lowest BCUT2D eigenvalue weighted by Crippen LogP contribution is -2.23. The van der Waals surface area contributed by atoms with E-state index in [0.717, 1.165) is 26.2 Å². The minimum absolute atomic E-state index is 1.09. The number of hydrogen-bond donors (Lipinski definition) is 0. The van der Waals surface area contributed by atoms with Crippen molar-refractivity contribution in [3.63, 3.8) is 0 Å². The fourth-order valence-corrected chi connectivity index (χ4v) is 2.19. The van der Waals surface area contributed by atoms with Crippen molar-refractivity contribution in [1.29, 1.82) is 0 Å². The molecule has 2 fully saturated rings. The number of piperidine rings is 1. The zero-order valence-corrected chi connectivity index (χ0v) is 15.4. The van der Waals surface area contributed by atoms with Gasteiger partial charge in [0.25, 0.3) is 0 Å². The molecule has 0 bridgehead atoms. The van der Waals surface area contributed by atoms with Crippen LogP contribution in [0.5, 0.6) is 0 Å². The maximum Gasteiger partial charge on any atom is 0.0509 e. The first-order valence-corrected chi connectivity index (χ1v) is 8.20. The number of nitrogens with zero attached hydrogens (tertiary/aromatic N) is 9. The summed E-state index contributed by atoms with van der Waals surface area (Å²) in [7, 11) is 8.72. The lowest BCUT2D eigenvalue weighted by atomic mass is 10.2. The van der Waals surface area contributed by atoms with Gasteiger partial charge in [-0.05, 0) is 32.1 Å². The molecule has 0 aromatic rings. The molecule has 0 radical (unpaired) electrons. The Morgan fingerprint density at radius 1 is 0.609 bits per heavy atom. The van der Waals surface area contributed by atoms with Crippen LogP contribution in [-0.2, 0) is 0 Å². The third kappa shape index (κ3) is 13.6. The van der Waals surface area contributed by atoms with Crippen LogP contribution < -0.4 is 0 Å². The molecular formula is C14H33N9. The van der Waals surface area contributed by atoms with Gasteiger partial charge in [-0.1, -0.05) is 15.7 Å². The van der Waals surface area contributed by atoms with E-state index in [-0.39, 0.29) is 0 Å². The third-order valence-electron chi connectivity index (χ3n) is 3.12. The smallest absolute Gasteiger partial charge is 0.0509 e. The van der Waals surface area contributed by atoms with Crippen LogP contribution in [0.25, 0.3) is 0 Å². The molecule has 9 heteroatoms. The summed E-state index contributed by atoms with van der Waals surface area (Å²) in [6.07, 6.45) is 6.46. The summed E-state index contributed by atoms with van der Waals surface area (Å²) in [5.74, 6) is 0. The predicted octanol–water partition coefficient (Wildman–Crippen LogP) is 3.09. The topological polar surface area (TPSA) is 83.9 Å². The van der Waals surface area contributed by atoms with Crippen LogP contribution in [0.4, 0.5) is 0 Å². The van der Waals surface area contributed by atoms with Gasteiger partial charge in [0.2, 0.25) is 0 Å². The summed E-state index contributed by atoms with van der Waals surface area (Å²) in [5.41, 5.74) is 0. The van der Waals surface area contributed by atoms with E-state index in [2.05, 4.69) is 31.0 Å². The van der Waals surface area contributed by atoms with Crippen molar-refractivity contribution in [3.05, 3.63) is 0 Å². The fraction of sp³-hybridized carbons (Fsp3) is 1.00. The molecule has 0 aromatic heterocycles. The summed E-state index contributed by atoms with van der Waals surface area (Å²) in [4.78, 5) is 0. The van der Waals surface area contributed by atoms with Crippen LogP contribution in [0.3, 0.4) is 0 Å². The largest absolute Gasteiger partial charge is 0.285 e. The van der Waals surface area contributed by atoms with Crippen molar-refractivity contribution in [3.8, 4) is 0 Å². The van der Waals surface area contributed by atoms with Crippen LogP contribution in [0.1, 0.15) is 32.1 Å². The molecule has 2 saturated heterocycles. The second-order valence-electron chi connectivity index (χ2n) is 5.39. The van der Waals surface area contributed by atoms with Crippen molar-refractivity contribution in [1.82, 2.24) is 15.0 Å². The average molecular weight is 327 g/mol. The minimum atomic E-state index is 1.09. The normalized spacial score (nSPS) is 18.1. The molecule has 2 rings (SSSR count). The molecule has 0 unspecified atom stereocenters. The minimum Gasteiger partial charge on any atom is -0.285 e. The van der Waals surface area contributed by atoms with Gasteiger partial charge in [-0.3, -0.25) is 15.0 Å². The summed E-state index contributed by atoms with van der Waals surface area (Å²) in [6, 6.07) is 0. The van der Waals surface area contributed by atoms with E-state index in [9.17, 15) is 0 Å². The Balaban J connectivity index is 0.000000323. The van der Waals surface area contributed by atoms with Gasteiger partial charge in [0.15, 0.2) is 0 Å². The van der Waals surface area contributed by atoms with E-state index in [4.69, 9.17) is 0 Å². The van der Waals surface area contributed by atoms with Gasteiger partial charge in [-0.25, -0.2) is 0 Å². The Kier molecular flexibility index (Phi) is 13.9. The highest BCUT2D eigenvalue weighted by Crippen LogP contribution is 2.08. The van der Waals surface area contributed by atoms with Gasteiger partial charge in [0, 0.05) is 40.3 Å². The molecule has 134 valence electrons. The highest BCUT2D eigenvalue weighted by Gasteiger charge is 2.07. The van der Waals surface area contributed by atoms with Gasteiger partial charge in [0.05, 0.1) is 21.1 Å². The van der Waals surface area contributed by atoms with Gasteiger partial charge in [-0.2, -0.15) is 15.3 Å². The van der Waals surface area contributed by atoms with Crippen LogP contribution in [0.2, 0.25) is 0 Å². The highest BCUT2D eigenvalue weighted by molar-refractivity contribution is 4.59. The molecule has 2 aliphatic heterocycles. The van der Waals surface area contributed by atoms with Gasteiger partial charge >= 0.3 is 0 Å². The first kappa shape index (κ1) is 21.2. The molecular weight excluding hydrogens is 294 g/mol. The standard InChI is InChI=1S/C6H13N3.C5H11N3.C3H9N3/c1-7-8-9-5-3-2-4-6-9;1-6-7-8-4-2-3-5-8;1-4-5-6(2)3/h2-6H2,1H3;2-5H2,1H3;1-3H3. The van der Waals surface area contributed by atoms with E-state index >= 15 is 0 Å². The molecule has 0 aromatic carbocycles. The number of rotatable bonds is 3. The first-order chi connectivity index (χ1) is 11.1. The lowest BCUT2D eigenvalue weighted by Gasteiger charge is -2.21. The zero-order valence-electron chi connectivity index (χ0n) is 15.4. The Hall–Kier alpha value is -1.80. The van der Waals surface area contributed by atoms with E-state index in [1.54, 1.807) is 26.2 Å². The Morgan fingerprint density at radius 3 is 1.26 bits per heavy atom. The SMILES string of the molecule is CN=NN(C)C.CN=NN1CCCC1.CN=NN1CCCCC1. The summed E-state index contributed by atoms with van der Waals surface area (Å²) in [6.45, 7) is 4.38. The lowest BCUT2D eigenvalue weighted by molar-refractivity contribution is 0.223. The summed E-state index contributed by atoms with van der Waals surface area (Å²) < 4.78 is 0. The van der Waals surface area contributed by atoms with Crippen LogP contribution in [-0.4, -0.2) is 76.4 Å². The molecule has 0 N–H and O–H groups in total. The molecule has 23 heavy (non-hydrogen) atoms. The van der Waals surface area contributed by atoms with E-state index in [0.29, 0.717) is 0 Å². The monoisotopic (exact) mass is 327 g/mol. The van der Waals surface area contributed by atoms with Gasteiger partial charge < -0.3 is 0 Å². The fourth-order valence-electron chi connectivity index (χ4n) is 2.19. The second-order valence-corrected chi connectivity index (χ2v) is 5.39. The van der Waals surface area contributed by atoms with Crippen molar-refractivity contribution in [2.24, 2.45) is 31.0 Å². The summed E-state index contributed by atoms with van der Waals surface area (Å²) >= 11 is 0. The predicted molar refractivity (Wildman–Crippen MR) is 92.3 cm³/mol. The van der Waals surface area contributed by atoms with Gasteiger partial charge in [-0.15, -0.1) is 0 Å². The van der Waals surface area contributed by atoms with E-state index in [1.807, 2.05) is 24.1 Å². The van der Waals surface area contributed by atoms with Crippen molar-refractivity contribution in [2.45, 2.75) is 32.1 Å². The van der Waals surface area contributed by atoms with Crippen LogP contribution in [0, 0.1) is 0 Å².